The van der Waals surface area contributed by atoms with E-state index < -0.39 is 0 Å². The van der Waals surface area contributed by atoms with Gasteiger partial charge in [-0.3, -0.25) is 4.79 Å². The van der Waals surface area contributed by atoms with Crippen molar-refractivity contribution in [3.05, 3.63) is 76.7 Å². The van der Waals surface area contributed by atoms with Gasteiger partial charge in [0.25, 0.3) is 5.91 Å². The Morgan fingerprint density at radius 1 is 1.00 bits per heavy atom. The zero-order valence-corrected chi connectivity index (χ0v) is 13.9. The Bertz CT molecular complexity index is 825. The van der Waals surface area contributed by atoms with Crippen LogP contribution in [-0.2, 0) is 10.2 Å². The van der Waals surface area contributed by atoms with Crippen molar-refractivity contribution in [3.63, 3.8) is 0 Å². The topological polar surface area (TPSA) is 41.5 Å². The predicted molar refractivity (Wildman–Crippen MR) is 94.2 cm³/mol. The number of nitrogens with zero attached hydrogens (tertiary/aromatic N) is 1. The average molecular weight is 322 g/mol. The quantitative estimate of drug-likeness (QED) is 0.833. The van der Waals surface area contributed by atoms with Crippen LogP contribution in [-0.4, -0.2) is 11.7 Å². The molecule has 0 saturated carbocycles. The summed E-state index contributed by atoms with van der Waals surface area (Å²) in [5.74, 6) is -0.0285. The number of carbonyl (C=O) groups is 1. The van der Waals surface area contributed by atoms with Crippen LogP contribution in [0.1, 0.15) is 37.5 Å². The maximum absolute atomic E-state index is 12.9. The molecule has 0 spiro atoms. The second kappa shape index (κ2) is 6.04. The van der Waals surface area contributed by atoms with Gasteiger partial charge in [-0.15, -0.1) is 0 Å². The van der Waals surface area contributed by atoms with Crippen LogP contribution < -0.4 is 5.32 Å². The zero-order valence-electron chi connectivity index (χ0n) is 13.9. The van der Waals surface area contributed by atoms with E-state index in [2.05, 4.69) is 31.1 Å². The van der Waals surface area contributed by atoms with Crippen LogP contribution in [0.4, 0.5) is 4.39 Å². The van der Waals surface area contributed by atoms with Crippen molar-refractivity contribution in [2.75, 3.05) is 0 Å². The van der Waals surface area contributed by atoms with Gasteiger partial charge in [0.1, 0.15) is 17.3 Å². The lowest BCUT2D eigenvalue weighted by molar-refractivity contribution is -0.115. The number of carbonyl (C=O) groups excluding carboxylic acids is 1. The molecule has 0 unspecified atom stereocenters. The molecule has 0 aliphatic carbocycles. The number of hydrogen-bond acceptors (Lipinski definition) is 2. The van der Waals surface area contributed by atoms with E-state index in [1.807, 2.05) is 24.3 Å². The summed E-state index contributed by atoms with van der Waals surface area (Å²) in [6.07, 6.45) is 1.64. The fraction of sp³-hybridized carbons (Fsp3) is 0.200. The second-order valence-corrected chi connectivity index (χ2v) is 6.82. The lowest BCUT2D eigenvalue weighted by atomic mass is 9.86. The fourth-order valence-electron chi connectivity index (χ4n) is 2.45. The van der Waals surface area contributed by atoms with Crippen LogP contribution in [0.5, 0.6) is 0 Å². The molecule has 1 N–H and O–H groups in total. The summed E-state index contributed by atoms with van der Waals surface area (Å²) >= 11 is 0. The van der Waals surface area contributed by atoms with Crippen molar-refractivity contribution in [1.29, 1.82) is 0 Å². The van der Waals surface area contributed by atoms with E-state index >= 15 is 0 Å². The van der Waals surface area contributed by atoms with Crippen molar-refractivity contribution in [1.82, 2.24) is 5.32 Å². The molecule has 3 nitrogen and oxygen atoms in total. The first-order valence-electron chi connectivity index (χ1n) is 7.81. The Morgan fingerprint density at radius 3 is 2.21 bits per heavy atom. The highest BCUT2D eigenvalue weighted by Gasteiger charge is 2.21. The standard InChI is InChI=1S/C20H19FN2O/c1-20(2,3)15-8-6-14(7-9-15)18-22-17(19(24)23-18)12-13-4-10-16(21)11-5-13/h4-12H,1-3H3,(H,22,23,24)/b17-12+. The minimum Gasteiger partial charge on any atom is -0.305 e. The van der Waals surface area contributed by atoms with Crippen molar-refractivity contribution < 1.29 is 9.18 Å². The molecule has 1 aliphatic heterocycles. The summed E-state index contributed by atoms with van der Waals surface area (Å²) in [5.41, 5.74) is 3.20. The zero-order chi connectivity index (χ0) is 17.3. The lowest BCUT2D eigenvalue weighted by Gasteiger charge is -2.19. The van der Waals surface area contributed by atoms with Crippen molar-refractivity contribution in [2.24, 2.45) is 4.99 Å². The second-order valence-electron chi connectivity index (χ2n) is 6.82. The maximum atomic E-state index is 12.9. The molecule has 1 amide bonds. The molecule has 1 aliphatic rings. The molecule has 122 valence electrons. The Hall–Kier alpha value is -2.75. The molecule has 0 saturated heterocycles. The molecule has 1 heterocycles. The van der Waals surface area contributed by atoms with Gasteiger partial charge in [-0.1, -0.05) is 57.2 Å². The highest BCUT2D eigenvalue weighted by Crippen LogP contribution is 2.23. The first kappa shape index (κ1) is 16.1. The van der Waals surface area contributed by atoms with Crippen LogP contribution in [0.3, 0.4) is 0 Å². The lowest BCUT2D eigenvalue weighted by Crippen LogP contribution is -2.24. The first-order valence-corrected chi connectivity index (χ1v) is 7.81. The highest BCUT2D eigenvalue weighted by atomic mass is 19.1. The summed E-state index contributed by atoms with van der Waals surface area (Å²) in [4.78, 5) is 16.5. The molecule has 3 rings (SSSR count). The largest absolute Gasteiger partial charge is 0.305 e. The van der Waals surface area contributed by atoms with E-state index in [0.717, 1.165) is 11.1 Å². The van der Waals surface area contributed by atoms with E-state index in [-0.39, 0.29) is 17.1 Å². The minimum absolute atomic E-state index is 0.0763. The van der Waals surface area contributed by atoms with Crippen molar-refractivity contribution in [3.8, 4) is 0 Å². The third-order valence-corrected chi connectivity index (χ3v) is 3.89. The molecule has 0 bridgehead atoms. The number of halogens is 1. The molecule has 2 aromatic rings. The van der Waals surface area contributed by atoms with Crippen LogP contribution in [0.15, 0.2) is 59.2 Å². The molecular formula is C20H19FN2O. The smallest absolute Gasteiger partial charge is 0.275 e. The molecule has 24 heavy (non-hydrogen) atoms. The Balaban J connectivity index is 1.87. The third kappa shape index (κ3) is 3.43. The Morgan fingerprint density at radius 2 is 1.62 bits per heavy atom. The number of benzene rings is 2. The van der Waals surface area contributed by atoms with Gasteiger partial charge < -0.3 is 5.32 Å². The van der Waals surface area contributed by atoms with Crippen LogP contribution in [0.2, 0.25) is 0 Å². The molecule has 2 aromatic carbocycles. The predicted octanol–water partition coefficient (Wildman–Crippen LogP) is 4.04. The third-order valence-electron chi connectivity index (χ3n) is 3.89. The number of amides is 1. The van der Waals surface area contributed by atoms with E-state index in [1.165, 1.54) is 17.7 Å². The molecule has 0 atom stereocenters. The van der Waals surface area contributed by atoms with Gasteiger partial charge in [-0.05, 0) is 34.8 Å². The summed E-state index contributed by atoms with van der Waals surface area (Å²) < 4.78 is 12.9. The van der Waals surface area contributed by atoms with Gasteiger partial charge in [0.15, 0.2) is 0 Å². The van der Waals surface area contributed by atoms with Gasteiger partial charge in [0.2, 0.25) is 0 Å². The van der Waals surface area contributed by atoms with Crippen molar-refractivity contribution in [2.45, 2.75) is 26.2 Å². The van der Waals surface area contributed by atoms with E-state index in [1.54, 1.807) is 18.2 Å². The van der Waals surface area contributed by atoms with E-state index in [4.69, 9.17) is 0 Å². The van der Waals surface area contributed by atoms with Crippen LogP contribution >= 0.6 is 0 Å². The molecule has 0 radical (unpaired) electrons. The number of nitrogens with one attached hydrogen (secondary N) is 1. The van der Waals surface area contributed by atoms with Gasteiger partial charge >= 0.3 is 0 Å². The van der Waals surface area contributed by atoms with Gasteiger partial charge in [0.05, 0.1) is 0 Å². The summed E-state index contributed by atoms with van der Waals surface area (Å²) in [7, 11) is 0. The van der Waals surface area contributed by atoms with Crippen LogP contribution in [0, 0.1) is 5.82 Å². The van der Waals surface area contributed by atoms with E-state index in [0.29, 0.717) is 11.5 Å². The first-order chi connectivity index (χ1) is 11.3. The van der Waals surface area contributed by atoms with E-state index in [9.17, 15) is 9.18 Å². The number of rotatable bonds is 2. The Labute approximate surface area is 140 Å². The minimum atomic E-state index is -0.309. The van der Waals surface area contributed by atoms with Gasteiger partial charge in [-0.25, -0.2) is 9.38 Å². The maximum Gasteiger partial charge on any atom is 0.275 e. The summed E-state index contributed by atoms with van der Waals surface area (Å²) in [6, 6.07) is 13.9. The fourth-order valence-corrected chi connectivity index (χ4v) is 2.45. The van der Waals surface area contributed by atoms with Crippen molar-refractivity contribution >= 4 is 17.8 Å². The number of aliphatic imine (C=N–C) groups is 1. The van der Waals surface area contributed by atoms with Crippen LogP contribution in [0.25, 0.3) is 6.08 Å². The van der Waals surface area contributed by atoms with Gasteiger partial charge in [0, 0.05) is 5.56 Å². The number of amidine groups is 1. The SMILES string of the molecule is CC(C)(C)c1ccc(C2=N/C(=C/c3ccc(F)cc3)C(=O)N2)cc1. The molecule has 0 aromatic heterocycles. The molecule has 0 fully saturated rings. The van der Waals surface area contributed by atoms with Gasteiger partial charge in [-0.2, -0.15) is 0 Å². The number of hydrogen-bond donors (Lipinski definition) is 1. The molecule has 4 heteroatoms. The summed E-state index contributed by atoms with van der Waals surface area (Å²) in [5, 5.41) is 2.78. The summed E-state index contributed by atoms with van der Waals surface area (Å²) in [6.45, 7) is 6.46. The normalized spacial score (nSPS) is 16.2. The monoisotopic (exact) mass is 322 g/mol. The Kier molecular flexibility index (Phi) is 4.06. The molecular weight excluding hydrogens is 303 g/mol. The highest BCUT2D eigenvalue weighted by molar-refractivity contribution is 6.19. The average Bonchev–Trinajstić information content (AvgIpc) is 2.90.